The molecule has 0 saturated heterocycles. The Hall–Kier alpha value is -3.24. The van der Waals surface area contributed by atoms with Gasteiger partial charge in [-0.2, -0.15) is 4.31 Å². The van der Waals surface area contributed by atoms with Gasteiger partial charge in [-0.3, -0.25) is 14.5 Å². The molecule has 0 spiro atoms. The van der Waals surface area contributed by atoms with E-state index in [1.807, 2.05) is 0 Å². The number of para-hydroxylation sites is 1. The fourth-order valence-electron chi connectivity index (χ4n) is 2.78. The number of hydrogen-bond donors (Lipinski definition) is 0. The van der Waals surface area contributed by atoms with E-state index in [0.29, 0.717) is 5.69 Å². The lowest BCUT2D eigenvalue weighted by molar-refractivity contribution is -0.142. The van der Waals surface area contributed by atoms with Crippen LogP contribution in [0.1, 0.15) is 31.1 Å². The monoisotopic (exact) mass is 476 g/mol. The summed E-state index contributed by atoms with van der Waals surface area (Å²) in [5, 5.41) is 0. The quantitative estimate of drug-likeness (QED) is 0.485. The molecule has 10 heteroatoms. The minimum atomic E-state index is -3.79. The Bertz CT molecular complexity index is 1080. The molecule has 0 bridgehead atoms. The van der Waals surface area contributed by atoms with Crippen LogP contribution in [0.4, 0.5) is 5.69 Å². The molecule has 0 aliphatic rings. The molecule has 0 aliphatic carbocycles. The summed E-state index contributed by atoms with van der Waals surface area (Å²) in [7, 11) is -2.35. The summed E-state index contributed by atoms with van der Waals surface area (Å²) >= 11 is 0. The van der Waals surface area contributed by atoms with Gasteiger partial charge in [0, 0.05) is 18.8 Å². The number of carbonyl (C=O) groups is 3. The van der Waals surface area contributed by atoms with Gasteiger partial charge in [-0.15, -0.1) is 0 Å². The smallest absolute Gasteiger partial charge is 0.338 e. The molecular weight excluding hydrogens is 448 g/mol. The Morgan fingerprint density at radius 2 is 1.64 bits per heavy atom. The van der Waals surface area contributed by atoms with Crippen molar-refractivity contribution >= 4 is 33.6 Å². The number of hydrogen-bond acceptors (Lipinski definition) is 7. The predicted octanol–water partition coefficient (Wildman–Crippen LogP) is 2.47. The highest BCUT2D eigenvalue weighted by Crippen LogP contribution is 2.19. The van der Waals surface area contributed by atoms with E-state index in [0.717, 1.165) is 4.90 Å². The van der Waals surface area contributed by atoms with Gasteiger partial charge < -0.3 is 9.47 Å². The number of ether oxygens (including phenoxy) is 2. The highest BCUT2D eigenvalue weighted by atomic mass is 32.2. The Labute approximate surface area is 193 Å². The van der Waals surface area contributed by atoms with Crippen molar-refractivity contribution in [2.75, 3.05) is 31.7 Å². The number of esters is 2. The summed E-state index contributed by atoms with van der Waals surface area (Å²) in [5.74, 6) is -2.10. The van der Waals surface area contributed by atoms with Crippen molar-refractivity contribution in [3.8, 4) is 0 Å². The Kier molecular flexibility index (Phi) is 9.12. The zero-order valence-corrected chi connectivity index (χ0v) is 19.9. The largest absolute Gasteiger partial charge is 0.465 e. The summed E-state index contributed by atoms with van der Waals surface area (Å²) in [6.07, 6.45) is 0. The number of carbonyl (C=O) groups excluding carboxylic acids is 3. The van der Waals surface area contributed by atoms with Gasteiger partial charge in [0.25, 0.3) is 5.91 Å². The van der Waals surface area contributed by atoms with Gasteiger partial charge >= 0.3 is 11.9 Å². The van der Waals surface area contributed by atoms with Crippen LogP contribution in [0, 0.1) is 0 Å². The van der Waals surface area contributed by atoms with Gasteiger partial charge in [0.2, 0.25) is 10.0 Å². The first kappa shape index (κ1) is 26.0. The zero-order valence-electron chi connectivity index (χ0n) is 19.1. The van der Waals surface area contributed by atoms with Gasteiger partial charge in [0.05, 0.1) is 17.1 Å². The summed E-state index contributed by atoms with van der Waals surface area (Å²) in [6.45, 7) is 4.29. The van der Waals surface area contributed by atoms with Crippen molar-refractivity contribution in [3.05, 3.63) is 60.2 Å². The molecule has 0 N–H and O–H groups in total. The first-order valence-corrected chi connectivity index (χ1v) is 11.8. The van der Waals surface area contributed by atoms with Crippen LogP contribution in [0.15, 0.2) is 59.5 Å². The van der Waals surface area contributed by atoms with Gasteiger partial charge in [0.15, 0.2) is 6.61 Å². The molecule has 9 nitrogen and oxygen atoms in total. The van der Waals surface area contributed by atoms with Crippen molar-refractivity contribution in [1.29, 1.82) is 0 Å². The third kappa shape index (κ3) is 6.87. The maximum Gasteiger partial charge on any atom is 0.338 e. The van der Waals surface area contributed by atoms with Gasteiger partial charge in [0.1, 0.15) is 6.54 Å². The maximum atomic E-state index is 12.7. The maximum absolute atomic E-state index is 12.7. The highest BCUT2D eigenvalue weighted by molar-refractivity contribution is 7.89. The average molecular weight is 477 g/mol. The lowest BCUT2D eigenvalue weighted by Gasteiger charge is -2.22. The Morgan fingerprint density at radius 1 is 0.970 bits per heavy atom. The van der Waals surface area contributed by atoms with E-state index in [4.69, 9.17) is 9.47 Å². The Balaban J connectivity index is 2.15. The summed E-state index contributed by atoms with van der Waals surface area (Å²) in [4.78, 5) is 38.3. The van der Waals surface area contributed by atoms with Crippen LogP contribution in [0.5, 0.6) is 0 Å². The average Bonchev–Trinajstić information content (AvgIpc) is 2.81. The van der Waals surface area contributed by atoms with Crippen LogP contribution in [0.3, 0.4) is 0 Å². The lowest BCUT2D eigenvalue weighted by Crippen LogP contribution is -2.39. The van der Waals surface area contributed by atoms with Crippen LogP contribution in [-0.2, 0) is 29.1 Å². The first-order chi connectivity index (χ1) is 15.6. The van der Waals surface area contributed by atoms with Gasteiger partial charge in [-0.1, -0.05) is 24.3 Å². The predicted molar refractivity (Wildman–Crippen MR) is 122 cm³/mol. The number of nitrogens with zero attached hydrogens (tertiary/aromatic N) is 2. The molecule has 0 atom stereocenters. The standard InChI is InChI=1S/C23H28N2O7S/c1-5-31-22(27)15-25(19-11-7-6-8-12-19)21(26)16-32-23(28)18-10-9-13-20(14-18)33(29,30)24(4)17(2)3/h6-14,17H,5,15-16H2,1-4H3. The molecule has 0 aliphatic heterocycles. The van der Waals surface area contributed by atoms with Crippen LogP contribution in [0.2, 0.25) is 0 Å². The van der Waals surface area contributed by atoms with E-state index >= 15 is 0 Å². The van der Waals surface area contributed by atoms with Crippen LogP contribution in [-0.4, -0.2) is 63.4 Å². The molecule has 0 unspecified atom stereocenters. The minimum Gasteiger partial charge on any atom is -0.465 e. The number of anilines is 1. The van der Waals surface area contributed by atoms with Crippen molar-refractivity contribution in [2.45, 2.75) is 31.7 Å². The number of sulfonamides is 1. The topological polar surface area (TPSA) is 110 Å². The van der Waals surface area contributed by atoms with Gasteiger partial charge in [-0.25, -0.2) is 13.2 Å². The van der Waals surface area contributed by atoms with E-state index in [1.54, 1.807) is 51.1 Å². The SMILES string of the molecule is CCOC(=O)CN(C(=O)COC(=O)c1cccc(S(=O)(=O)N(C)C(C)C)c1)c1ccccc1. The molecule has 2 rings (SSSR count). The lowest BCUT2D eigenvalue weighted by atomic mass is 10.2. The minimum absolute atomic E-state index is 0.0160. The van der Waals surface area contributed by atoms with E-state index < -0.39 is 34.5 Å². The van der Waals surface area contributed by atoms with Gasteiger partial charge in [-0.05, 0) is 51.1 Å². The van der Waals surface area contributed by atoms with Crippen LogP contribution >= 0.6 is 0 Å². The highest BCUT2D eigenvalue weighted by Gasteiger charge is 2.25. The van der Waals surface area contributed by atoms with Crippen molar-refractivity contribution in [3.63, 3.8) is 0 Å². The summed E-state index contributed by atoms with van der Waals surface area (Å²) in [6, 6.07) is 13.6. The molecule has 0 saturated carbocycles. The molecule has 33 heavy (non-hydrogen) atoms. The zero-order chi connectivity index (χ0) is 24.6. The second-order valence-electron chi connectivity index (χ2n) is 7.34. The molecule has 2 aromatic rings. The molecular formula is C23H28N2O7S. The third-order valence-corrected chi connectivity index (χ3v) is 6.79. The summed E-state index contributed by atoms with van der Waals surface area (Å²) in [5.41, 5.74) is 0.425. The summed E-state index contributed by atoms with van der Waals surface area (Å²) < 4.78 is 36.6. The Morgan fingerprint density at radius 3 is 2.24 bits per heavy atom. The second-order valence-corrected chi connectivity index (χ2v) is 9.34. The van der Waals surface area contributed by atoms with E-state index in [9.17, 15) is 22.8 Å². The van der Waals surface area contributed by atoms with Crippen molar-refractivity contribution < 1.29 is 32.3 Å². The molecule has 0 fully saturated rings. The fraction of sp³-hybridized carbons (Fsp3) is 0.348. The van der Waals surface area contributed by atoms with Crippen LogP contribution < -0.4 is 4.90 Å². The molecule has 0 radical (unpaired) electrons. The number of rotatable bonds is 10. The fourth-order valence-corrected chi connectivity index (χ4v) is 4.20. The normalized spacial score (nSPS) is 11.3. The van der Waals surface area contributed by atoms with Crippen LogP contribution in [0.25, 0.3) is 0 Å². The van der Waals surface area contributed by atoms with Crippen molar-refractivity contribution in [2.24, 2.45) is 0 Å². The van der Waals surface area contributed by atoms with Crippen molar-refractivity contribution in [1.82, 2.24) is 4.31 Å². The molecule has 0 heterocycles. The molecule has 1 amide bonds. The number of amides is 1. The second kappa shape index (κ2) is 11.6. The van der Waals surface area contributed by atoms with E-state index in [1.165, 1.54) is 35.6 Å². The van der Waals surface area contributed by atoms with E-state index in [-0.39, 0.29) is 29.7 Å². The molecule has 0 aromatic heterocycles. The third-order valence-electron chi connectivity index (χ3n) is 4.76. The first-order valence-electron chi connectivity index (χ1n) is 10.3. The van der Waals surface area contributed by atoms with E-state index in [2.05, 4.69) is 0 Å². The molecule has 178 valence electrons. The number of benzene rings is 2. The molecule has 2 aromatic carbocycles.